The average Bonchev–Trinajstić information content (AvgIpc) is 3.15. The number of carbonyl (C=O) groups excluding carboxylic acids is 3. The summed E-state index contributed by atoms with van der Waals surface area (Å²) in [4.78, 5) is 37.5. The second-order valence-electron chi connectivity index (χ2n) is 6.98. The van der Waals surface area contributed by atoms with Gasteiger partial charge in [-0.1, -0.05) is 19.8 Å². The van der Waals surface area contributed by atoms with Gasteiger partial charge in [0, 0.05) is 6.04 Å². The standard InChI is InChI=1S/C19H25F3N4O3/c1-2-9-26(11-16(28)25-19(29)23-12-5-3-4-6-12)10-15(27)24-14-8-7-13(20)17(21)18(14)22/h7-8,12H,2-6,9-11H2,1H3,(H,24,27)(H2,23,25,28,29). The molecule has 10 heteroatoms. The third-order valence-corrected chi connectivity index (χ3v) is 4.53. The zero-order valence-electron chi connectivity index (χ0n) is 16.2. The van der Waals surface area contributed by atoms with Crippen LogP contribution in [0.4, 0.5) is 23.7 Å². The van der Waals surface area contributed by atoms with E-state index in [1.807, 2.05) is 6.92 Å². The fraction of sp³-hybridized carbons (Fsp3) is 0.526. The van der Waals surface area contributed by atoms with Crippen molar-refractivity contribution in [2.75, 3.05) is 25.0 Å². The lowest BCUT2D eigenvalue weighted by atomic mass is 10.2. The van der Waals surface area contributed by atoms with Crippen molar-refractivity contribution >= 4 is 23.5 Å². The highest BCUT2D eigenvalue weighted by Gasteiger charge is 2.21. The zero-order valence-corrected chi connectivity index (χ0v) is 16.2. The predicted octanol–water partition coefficient (Wildman–Crippen LogP) is 2.52. The lowest BCUT2D eigenvalue weighted by Gasteiger charge is -2.21. The lowest BCUT2D eigenvalue weighted by molar-refractivity contribution is -0.122. The highest BCUT2D eigenvalue weighted by atomic mass is 19.2. The molecule has 1 fully saturated rings. The molecule has 1 aliphatic rings. The molecule has 0 unspecified atom stereocenters. The smallest absolute Gasteiger partial charge is 0.321 e. The second-order valence-corrected chi connectivity index (χ2v) is 6.98. The number of anilines is 1. The maximum Gasteiger partial charge on any atom is 0.321 e. The number of hydrogen-bond acceptors (Lipinski definition) is 4. The Bertz CT molecular complexity index is 754. The van der Waals surface area contributed by atoms with Gasteiger partial charge in [-0.3, -0.25) is 19.8 Å². The number of carbonyl (C=O) groups is 3. The number of hydrogen-bond donors (Lipinski definition) is 3. The maximum atomic E-state index is 13.7. The van der Waals surface area contributed by atoms with Crippen LogP contribution >= 0.6 is 0 Å². The molecule has 0 atom stereocenters. The largest absolute Gasteiger partial charge is 0.335 e. The van der Waals surface area contributed by atoms with Crippen LogP contribution in [0.25, 0.3) is 0 Å². The van der Waals surface area contributed by atoms with Crippen molar-refractivity contribution in [3.05, 3.63) is 29.6 Å². The van der Waals surface area contributed by atoms with Gasteiger partial charge >= 0.3 is 6.03 Å². The van der Waals surface area contributed by atoms with E-state index < -0.39 is 41.0 Å². The minimum atomic E-state index is -1.68. The van der Waals surface area contributed by atoms with Crippen molar-refractivity contribution in [2.45, 2.75) is 45.1 Å². The molecule has 0 heterocycles. The van der Waals surface area contributed by atoms with Crippen molar-refractivity contribution in [2.24, 2.45) is 0 Å². The summed E-state index contributed by atoms with van der Waals surface area (Å²) < 4.78 is 39.9. The third kappa shape index (κ3) is 7.04. The van der Waals surface area contributed by atoms with Gasteiger partial charge in [-0.25, -0.2) is 18.0 Å². The van der Waals surface area contributed by atoms with E-state index >= 15 is 0 Å². The van der Waals surface area contributed by atoms with Crippen LogP contribution in [0, 0.1) is 17.5 Å². The summed E-state index contributed by atoms with van der Waals surface area (Å²) in [6, 6.07) is 1.10. The number of benzene rings is 1. The highest BCUT2D eigenvalue weighted by Crippen LogP contribution is 2.19. The molecule has 160 valence electrons. The maximum absolute atomic E-state index is 13.7. The van der Waals surface area contributed by atoms with Crippen molar-refractivity contribution in [1.29, 1.82) is 0 Å². The van der Waals surface area contributed by atoms with Crippen LogP contribution in [-0.2, 0) is 9.59 Å². The van der Waals surface area contributed by atoms with Crippen LogP contribution in [0.2, 0.25) is 0 Å². The normalized spacial score (nSPS) is 14.1. The topological polar surface area (TPSA) is 90.5 Å². The number of imide groups is 1. The Morgan fingerprint density at radius 2 is 1.69 bits per heavy atom. The van der Waals surface area contributed by atoms with Gasteiger partial charge in [0.2, 0.25) is 11.8 Å². The first-order valence-corrected chi connectivity index (χ1v) is 9.56. The van der Waals surface area contributed by atoms with Gasteiger partial charge in [-0.15, -0.1) is 0 Å². The molecule has 0 saturated heterocycles. The second kappa shape index (κ2) is 10.8. The Labute approximate surface area is 167 Å². The Morgan fingerprint density at radius 3 is 2.34 bits per heavy atom. The van der Waals surface area contributed by atoms with Crippen LogP contribution in [0.15, 0.2) is 12.1 Å². The van der Waals surface area contributed by atoms with Gasteiger partial charge in [0.25, 0.3) is 0 Å². The first kappa shape index (κ1) is 22.7. The SMILES string of the molecule is CCCN(CC(=O)NC(=O)NC1CCCC1)CC(=O)Nc1ccc(F)c(F)c1F. The van der Waals surface area contributed by atoms with Crippen LogP contribution in [-0.4, -0.2) is 48.4 Å². The summed E-state index contributed by atoms with van der Waals surface area (Å²) in [6.07, 6.45) is 4.45. The minimum Gasteiger partial charge on any atom is -0.335 e. The highest BCUT2D eigenvalue weighted by molar-refractivity contribution is 5.96. The summed E-state index contributed by atoms with van der Waals surface area (Å²) in [6.45, 7) is 1.69. The van der Waals surface area contributed by atoms with Crippen molar-refractivity contribution in [3.63, 3.8) is 0 Å². The fourth-order valence-corrected chi connectivity index (χ4v) is 3.21. The molecule has 0 aliphatic heterocycles. The van der Waals surface area contributed by atoms with Crippen LogP contribution in [0.3, 0.4) is 0 Å². The number of amides is 4. The molecule has 2 rings (SSSR count). The molecule has 3 N–H and O–H groups in total. The van der Waals surface area contributed by atoms with Crippen molar-refractivity contribution in [3.8, 4) is 0 Å². The van der Waals surface area contributed by atoms with Gasteiger partial charge in [0.15, 0.2) is 17.5 Å². The number of nitrogens with one attached hydrogen (secondary N) is 3. The Balaban J connectivity index is 1.86. The van der Waals surface area contributed by atoms with Gasteiger partial charge in [0.1, 0.15) is 0 Å². The van der Waals surface area contributed by atoms with Crippen LogP contribution in [0.1, 0.15) is 39.0 Å². The molecule has 0 spiro atoms. The summed E-state index contributed by atoms with van der Waals surface area (Å²) in [5.41, 5.74) is -0.495. The van der Waals surface area contributed by atoms with Gasteiger partial charge in [0.05, 0.1) is 18.8 Å². The number of rotatable bonds is 8. The first-order valence-electron chi connectivity index (χ1n) is 9.56. The van der Waals surface area contributed by atoms with E-state index in [0.29, 0.717) is 19.0 Å². The Morgan fingerprint density at radius 1 is 1.03 bits per heavy atom. The van der Waals surface area contributed by atoms with E-state index in [9.17, 15) is 27.6 Å². The summed E-state index contributed by atoms with van der Waals surface area (Å²) in [7, 11) is 0. The van der Waals surface area contributed by atoms with E-state index in [1.165, 1.54) is 4.90 Å². The third-order valence-electron chi connectivity index (χ3n) is 4.53. The van der Waals surface area contributed by atoms with Crippen molar-refractivity contribution in [1.82, 2.24) is 15.5 Å². The summed E-state index contributed by atoms with van der Waals surface area (Å²) >= 11 is 0. The van der Waals surface area contributed by atoms with E-state index in [1.54, 1.807) is 0 Å². The molecule has 1 aromatic carbocycles. The predicted molar refractivity (Wildman–Crippen MR) is 101 cm³/mol. The summed E-state index contributed by atoms with van der Waals surface area (Å²) in [5, 5.41) is 7.11. The van der Waals surface area contributed by atoms with E-state index in [-0.39, 0.29) is 19.1 Å². The van der Waals surface area contributed by atoms with Gasteiger partial charge < -0.3 is 10.6 Å². The molecular weight excluding hydrogens is 389 g/mol. The Hall–Kier alpha value is -2.62. The first-order chi connectivity index (χ1) is 13.8. The van der Waals surface area contributed by atoms with E-state index in [4.69, 9.17) is 0 Å². The minimum absolute atomic E-state index is 0.0614. The molecular formula is C19H25F3N4O3. The molecule has 29 heavy (non-hydrogen) atoms. The fourth-order valence-electron chi connectivity index (χ4n) is 3.21. The van der Waals surface area contributed by atoms with E-state index in [2.05, 4.69) is 16.0 Å². The molecule has 1 aliphatic carbocycles. The van der Waals surface area contributed by atoms with Crippen LogP contribution < -0.4 is 16.0 Å². The molecule has 0 radical (unpaired) electrons. The van der Waals surface area contributed by atoms with Crippen molar-refractivity contribution < 1.29 is 27.6 Å². The molecule has 7 nitrogen and oxygen atoms in total. The zero-order chi connectivity index (χ0) is 21.4. The Kier molecular flexibility index (Phi) is 8.44. The summed E-state index contributed by atoms with van der Waals surface area (Å²) in [5.74, 6) is -5.82. The molecule has 1 aromatic rings. The van der Waals surface area contributed by atoms with Gasteiger partial charge in [-0.05, 0) is 37.9 Å². The van der Waals surface area contributed by atoms with E-state index in [0.717, 1.165) is 31.7 Å². The number of halogens is 3. The number of urea groups is 1. The van der Waals surface area contributed by atoms with Crippen LogP contribution in [0.5, 0.6) is 0 Å². The molecule has 0 aromatic heterocycles. The molecule has 0 bridgehead atoms. The lowest BCUT2D eigenvalue weighted by Crippen LogP contribution is -2.48. The van der Waals surface area contributed by atoms with Gasteiger partial charge in [-0.2, -0.15) is 0 Å². The average molecular weight is 414 g/mol. The monoisotopic (exact) mass is 414 g/mol. The number of nitrogens with zero attached hydrogens (tertiary/aromatic N) is 1. The quantitative estimate of drug-likeness (QED) is 0.570. The molecule has 1 saturated carbocycles. The molecule has 4 amide bonds.